The second-order valence-corrected chi connectivity index (χ2v) is 17.7. The van der Waals surface area contributed by atoms with Gasteiger partial charge >= 0.3 is 5.97 Å². The number of nitrogens with one attached hydrogen (secondary N) is 5. The lowest BCUT2D eigenvalue weighted by Gasteiger charge is -2.37. The first kappa shape index (κ1) is 50.2. The van der Waals surface area contributed by atoms with Gasteiger partial charge in [-0.2, -0.15) is 4.72 Å². The van der Waals surface area contributed by atoms with Crippen LogP contribution in [0.5, 0.6) is 0 Å². The van der Waals surface area contributed by atoms with Gasteiger partial charge in [0.2, 0.25) is 39.6 Å². The van der Waals surface area contributed by atoms with Gasteiger partial charge in [-0.05, 0) is 86.1 Å². The van der Waals surface area contributed by atoms with Gasteiger partial charge in [0.05, 0.1) is 4.90 Å². The molecule has 0 unspecified atom stereocenters. The van der Waals surface area contributed by atoms with Crippen molar-refractivity contribution in [1.29, 1.82) is 0 Å². The number of carboxylic acid groups (broad SMARTS) is 1. The summed E-state index contributed by atoms with van der Waals surface area (Å²) in [7, 11) is -2.90. The second kappa shape index (κ2) is 23.8. The molecule has 0 aliphatic carbocycles. The van der Waals surface area contributed by atoms with Gasteiger partial charge in [0, 0.05) is 62.3 Å². The number of nitrogens with zero attached hydrogens (tertiary/aromatic N) is 2. The van der Waals surface area contributed by atoms with Crippen molar-refractivity contribution in [3.8, 4) is 0 Å². The van der Waals surface area contributed by atoms with Crippen molar-refractivity contribution >= 4 is 68.7 Å². The van der Waals surface area contributed by atoms with Gasteiger partial charge in [-0.1, -0.05) is 45.7 Å². The number of hydrogen-bond donors (Lipinski definition) is 7. The summed E-state index contributed by atoms with van der Waals surface area (Å²) < 4.78 is 28.6. The third-order valence-corrected chi connectivity index (χ3v) is 12.1. The molecule has 8 N–H and O–H groups in total. The molecule has 1 fully saturated rings. The van der Waals surface area contributed by atoms with Crippen LogP contribution < -0.4 is 31.7 Å². The molecule has 3 rings (SSSR count). The number of amides is 6. The molecule has 2 aromatic carbocycles. The lowest BCUT2D eigenvalue weighted by molar-refractivity contribution is -0.146. The quantitative estimate of drug-likeness (QED) is 0.0795. The number of likely N-dealkylation sites (N-methyl/N-ethyl adjacent to an activating group) is 1. The van der Waals surface area contributed by atoms with Crippen molar-refractivity contribution in [1.82, 2.24) is 30.5 Å². The standard InChI is InChI=1S/C41H59ClN8O10S/c1-6-26(4)36(39(55)45-20-8-7-9-34(43)51)49(5)40(56)32(23-25(2)3)47-38(54)33-24-44-21-22-50(33)35(52)19-18-31(41(57)58)48-61(59,60)30-16-14-29(15-17-30)46-37(53)27-10-12-28(42)13-11-27/h10-17,25-26,31-33,36,44,48H,6-9,18-24H2,1-5H3,(H2,43,51)(H,45,55)(H,46,53)(H,47,54)(H,57,58)/t26-,31+,32-,33-,36-/m0/s1. The van der Waals surface area contributed by atoms with E-state index in [0.29, 0.717) is 36.4 Å². The Morgan fingerprint density at radius 1 is 0.967 bits per heavy atom. The molecule has 0 radical (unpaired) electrons. The number of halogens is 1. The monoisotopic (exact) mass is 890 g/mol. The van der Waals surface area contributed by atoms with Crippen LogP contribution in [0.2, 0.25) is 5.02 Å². The van der Waals surface area contributed by atoms with Crippen molar-refractivity contribution in [2.75, 3.05) is 38.5 Å². The molecule has 0 bridgehead atoms. The number of piperazine rings is 1. The topological polar surface area (TPSA) is 267 Å². The van der Waals surface area contributed by atoms with E-state index in [0.717, 1.165) is 0 Å². The Bertz CT molecular complexity index is 1970. The van der Waals surface area contributed by atoms with E-state index < -0.39 is 82.5 Å². The third kappa shape index (κ3) is 15.4. The summed E-state index contributed by atoms with van der Waals surface area (Å²) in [6, 6.07) is 6.52. The molecule has 61 heavy (non-hydrogen) atoms. The van der Waals surface area contributed by atoms with Gasteiger partial charge in [0.1, 0.15) is 24.2 Å². The largest absolute Gasteiger partial charge is 0.480 e. The maximum atomic E-state index is 14.1. The normalized spacial score (nSPS) is 16.1. The number of anilines is 1. The van der Waals surface area contributed by atoms with Gasteiger partial charge in [0.15, 0.2) is 0 Å². The number of unbranched alkanes of at least 4 members (excludes halogenated alkanes) is 1. The van der Waals surface area contributed by atoms with Crippen LogP contribution >= 0.6 is 11.6 Å². The highest BCUT2D eigenvalue weighted by Gasteiger charge is 2.38. The molecule has 1 aliphatic heterocycles. The molecule has 20 heteroatoms. The van der Waals surface area contributed by atoms with Crippen LogP contribution in [0.1, 0.15) is 83.0 Å². The molecule has 0 saturated carbocycles. The number of hydrogen-bond acceptors (Lipinski definition) is 10. The van der Waals surface area contributed by atoms with Crippen LogP contribution in [0, 0.1) is 11.8 Å². The Kier molecular flexibility index (Phi) is 19.6. The van der Waals surface area contributed by atoms with Crippen LogP contribution in [-0.4, -0.2) is 122 Å². The zero-order valence-corrected chi connectivity index (χ0v) is 36.8. The zero-order chi connectivity index (χ0) is 45.4. The zero-order valence-electron chi connectivity index (χ0n) is 35.2. The van der Waals surface area contributed by atoms with Crippen molar-refractivity contribution in [2.24, 2.45) is 17.6 Å². The predicted molar refractivity (Wildman–Crippen MR) is 229 cm³/mol. The Morgan fingerprint density at radius 3 is 2.21 bits per heavy atom. The molecule has 5 atom stereocenters. The first-order valence-corrected chi connectivity index (χ1v) is 22.2. The van der Waals surface area contributed by atoms with Gasteiger partial charge < -0.3 is 41.9 Å². The van der Waals surface area contributed by atoms with Gasteiger partial charge in [-0.25, -0.2) is 8.42 Å². The van der Waals surface area contributed by atoms with E-state index in [1.807, 2.05) is 27.7 Å². The molecule has 1 aliphatic rings. The second-order valence-electron chi connectivity index (χ2n) is 15.5. The Morgan fingerprint density at radius 2 is 1.62 bits per heavy atom. The maximum Gasteiger partial charge on any atom is 0.321 e. The first-order valence-electron chi connectivity index (χ1n) is 20.3. The van der Waals surface area contributed by atoms with Crippen LogP contribution in [0.25, 0.3) is 0 Å². The van der Waals surface area contributed by atoms with Crippen molar-refractivity contribution in [3.63, 3.8) is 0 Å². The van der Waals surface area contributed by atoms with E-state index in [-0.39, 0.29) is 60.8 Å². The lowest BCUT2D eigenvalue weighted by atomic mass is 9.95. The number of carboxylic acids is 1. The molecular formula is C41H59ClN8O10S. The van der Waals surface area contributed by atoms with Crippen molar-refractivity contribution in [3.05, 3.63) is 59.1 Å². The fraction of sp³-hybridized carbons (Fsp3) is 0.537. The summed E-state index contributed by atoms with van der Waals surface area (Å²) in [4.78, 5) is 93.1. The Hall–Kier alpha value is -5.11. The van der Waals surface area contributed by atoms with Crippen LogP contribution in [0.15, 0.2) is 53.4 Å². The lowest BCUT2D eigenvalue weighted by Crippen LogP contribution is -2.63. The van der Waals surface area contributed by atoms with E-state index >= 15 is 0 Å². The summed E-state index contributed by atoms with van der Waals surface area (Å²) in [6.07, 6.45) is 1.16. The van der Waals surface area contributed by atoms with E-state index in [2.05, 4.69) is 26.0 Å². The fourth-order valence-corrected chi connectivity index (χ4v) is 8.13. The number of carbonyl (C=O) groups excluding carboxylic acids is 6. The smallest absolute Gasteiger partial charge is 0.321 e. The molecule has 6 amide bonds. The van der Waals surface area contributed by atoms with Crippen molar-refractivity contribution < 1.29 is 47.1 Å². The molecule has 0 spiro atoms. The third-order valence-electron chi connectivity index (χ3n) is 10.3. The molecule has 2 aromatic rings. The number of sulfonamides is 1. The van der Waals surface area contributed by atoms with E-state index in [4.69, 9.17) is 17.3 Å². The summed E-state index contributed by atoms with van der Waals surface area (Å²) >= 11 is 5.87. The number of carbonyl (C=O) groups is 7. The first-order chi connectivity index (χ1) is 28.7. The van der Waals surface area contributed by atoms with E-state index in [1.54, 1.807) is 12.1 Å². The summed E-state index contributed by atoms with van der Waals surface area (Å²) in [5.41, 5.74) is 5.81. The number of rotatable bonds is 23. The number of primary amides is 1. The average Bonchev–Trinajstić information content (AvgIpc) is 3.21. The summed E-state index contributed by atoms with van der Waals surface area (Å²) in [6.45, 7) is 8.22. The molecule has 18 nitrogen and oxygen atoms in total. The van der Waals surface area contributed by atoms with Gasteiger partial charge in [-0.15, -0.1) is 0 Å². The van der Waals surface area contributed by atoms with Crippen LogP contribution in [0.4, 0.5) is 5.69 Å². The number of benzene rings is 2. The van der Waals surface area contributed by atoms with Crippen molar-refractivity contribution in [2.45, 2.75) is 102 Å². The molecule has 336 valence electrons. The number of nitrogens with two attached hydrogens (primary N) is 1. The highest BCUT2D eigenvalue weighted by molar-refractivity contribution is 7.89. The van der Waals surface area contributed by atoms with Crippen LogP contribution in [-0.2, 0) is 38.8 Å². The van der Waals surface area contributed by atoms with E-state index in [1.165, 1.54) is 53.2 Å². The minimum atomic E-state index is -4.41. The van der Waals surface area contributed by atoms with Gasteiger partial charge in [-0.3, -0.25) is 33.6 Å². The maximum absolute atomic E-state index is 14.1. The minimum Gasteiger partial charge on any atom is -0.480 e. The van der Waals surface area contributed by atoms with Crippen LogP contribution in [0.3, 0.4) is 0 Å². The van der Waals surface area contributed by atoms with Gasteiger partial charge in [0.25, 0.3) is 5.91 Å². The highest BCUT2D eigenvalue weighted by Crippen LogP contribution is 2.20. The molecular weight excluding hydrogens is 832 g/mol. The van der Waals surface area contributed by atoms with E-state index in [9.17, 15) is 47.1 Å². The fourth-order valence-electron chi connectivity index (χ4n) is 6.78. The number of aliphatic carboxylic acids is 1. The average molecular weight is 891 g/mol. The predicted octanol–water partition coefficient (Wildman–Crippen LogP) is 2.08. The minimum absolute atomic E-state index is 0.0365. The molecule has 1 heterocycles. The Labute approximate surface area is 362 Å². The summed E-state index contributed by atoms with van der Waals surface area (Å²) in [5, 5.41) is 21.7. The molecule has 0 aromatic heterocycles. The Balaban J connectivity index is 1.67. The summed E-state index contributed by atoms with van der Waals surface area (Å²) in [5.74, 6) is -4.80. The SMILES string of the molecule is CC[C@H](C)[C@@H](C(=O)NCCCCC(N)=O)N(C)C(=O)[C@H](CC(C)C)NC(=O)[C@@H]1CNCCN1C(=O)CC[C@@H](NS(=O)(=O)c1ccc(NC(=O)c2ccc(Cl)cc2)cc1)C(=O)O. The highest BCUT2D eigenvalue weighted by atomic mass is 35.5. The molecule has 1 saturated heterocycles.